The Hall–Kier alpha value is -2.51. The predicted molar refractivity (Wildman–Crippen MR) is 80.6 cm³/mol. The van der Waals surface area contributed by atoms with Gasteiger partial charge in [-0.25, -0.2) is 4.68 Å². The van der Waals surface area contributed by atoms with Crippen LogP contribution in [-0.2, 0) is 4.79 Å². The number of benzene rings is 1. The van der Waals surface area contributed by atoms with Crippen molar-refractivity contribution in [1.82, 2.24) is 15.1 Å². The van der Waals surface area contributed by atoms with Gasteiger partial charge >= 0.3 is 6.18 Å². The molecule has 0 aliphatic rings. The quantitative estimate of drug-likeness (QED) is 0.888. The molecule has 0 atom stereocenters. The highest BCUT2D eigenvalue weighted by Gasteiger charge is 2.27. The van der Waals surface area contributed by atoms with Crippen molar-refractivity contribution < 1.29 is 18.0 Å². The summed E-state index contributed by atoms with van der Waals surface area (Å²) >= 11 is 0. The van der Waals surface area contributed by atoms with Gasteiger partial charge in [-0.1, -0.05) is 17.7 Å². The highest BCUT2D eigenvalue weighted by atomic mass is 19.4. The van der Waals surface area contributed by atoms with E-state index in [-0.39, 0.29) is 6.54 Å². The largest absolute Gasteiger partial charge is 0.405 e. The summed E-state index contributed by atoms with van der Waals surface area (Å²) < 4.78 is 37.7. The van der Waals surface area contributed by atoms with E-state index in [0.717, 1.165) is 16.9 Å². The molecule has 0 saturated carbocycles. The van der Waals surface area contributed by atoms with Gasteiger partial charge in [0.1, 0.15) is 12.4 Å². The molecule has 0 bridgehead atoms. The zero-order chi connectivity index (χ0) is 17.0. The molecule has 0 fully saturated rings. The Labute approximate surface area is 131 Å². The maximum absolute atomic E-state index is 12.0. The summed E-state index contributed by atoms with van der Waals surface area (Å²) in [5.41, 5.74) is 2.83. The van der Waals surface area contributed by atoms with Crippen LogP contribution in [0.2, 0.25) is 0 Å². The summed E-state index contributed by atoms with van der Waals surface area (Å²) in [6.07, 6.45) is -4.42. The van der Waals surface area contributed by atoms with Crippen molar-refractivity contribution in [3.05, 3.63) is 41.6 Å². The Kier molecular flexibility index (Phi) is 4.92. The van der Waals surface area contributed by atoms with Crippen LogP contribution in [0.25, 0.3) is 5.69 Å². The molecule has 0 spiro atoms. The van der Waals surface area contributed by atoms with Crippen molar-refractivity contribution in [2.24, 2.45) is 0 Å². The van der Waals surface area contributed by atoms with Crippen LogP contribution in [0.15, 0.2) is 30.3 Å². The number of hydrogen-bond donors (Lipinski definition) is 2. The fourth-order valence-electron chi connectivity index (χ4n) is 1.94. The van der Waals surface area contributed by atoms with Gasteiger partial charge in [0.15, 0.2) is 0 Å². The minimum absolute atomic E-state index is 0.277. The average Bonchev–Trinajstić information content (AvgIpc) is 2.84. The molecule has 1 aromatic carbocycles. The lowest BCUT2D eigenvalue weighted by Gasteiger charge is -2.08. The van der Waals surface area contributed by atoms with Crippen LogP contribution in [0, 0.1) is 13.8 Å². The second-order valence-electron chi connectivity index (χ2n) is 5.16. The number of aryl methyl sites for hydroxylation is 2. The van der Waals surface area contributed by atoms with Crippen LogP contribution < -0.4 is 10.6 Å². The van der Waals surface area contributed by atoms with E-state index < -0.39 is 18.6 Å². The smallest absolute Gasteiger partial charge is 0.360 e. The molecule has 2 N–H and O–H groups in total. The third-order valence-corrected chi connectivity index (χ3v) is 3.08. The third-order valence-electron chi connectivity index (χ3n) is 3.08. The van der Waals surface area contributed by atoms with Crippen LogP contribution in [0.5, 0.6) is 0 Å². The van der Waals surface area contributed by atoms with Gasteiger partial charge in [-0.2, -0.15) is 18.3 Å². The fourth-order valence-corrected chi connectivity index (χ4v) is 1.94. The van der Waals surface area contributed by atoms with Crippen molar-refractivity contribution in [3.63, 3.8) is 0 Å². The number of amides is 1. The second-order valence-corrected chi connectivity index (χ2v) is 5.16. The van der Waals surface area contributed by atoms with Crippen molar-refractivity contribution in [2.75, 3.05) is 18.4 Å². The van der Waals surface area contributed by atoms with E-state index in [1.165, 1.54) is 0 Å². The molecule has 0 unspecified atom stereocenters. The number of carbonyl (C=O) groups is 1. The summed E-state index contributed by atoms with van der Waals surface area (Å²) in [5.74, 6) is -0.324. The molecule has 1 amide bonds. The molecule has 5 nitrogen and oxygen atoms in total. The molecule has 0 aliphatic carbocycles. The fraction of sp³-hybridized carbons (Fsp3) is 0.333. The lowest BCUT2D eigenvalue weighted by molar-refractivity contribution is -0.137. The van der Waals surface area contributed by atoms with E-state index in [2.05, 4.69) is 10.4 Å². The first kappa shape index (κ1) is 16.9. The number of hydrogen-bond acceptors (Lipinski definition) is 3. The minimum atomic E-state index is -4.42. The van der Waals surface area contributed by atoms with E-state index in [1.807, 2.05) is 38.1 Å². The average molecular weight is 326 g/mol. The Morgan fingerprint density at radius 2 is 1.87 bits per heavy atom. The molecule has 1 heterocycles. The highest BCUT2D eigenvalue weighted by molar-refractivity contribution is 5.80. The minimum Gasteiger partial charge on any atom is -0.360 e. The third kappa shape index (κ3) is 5.01. The number of halogens is 3. The summed E-state index contributed by atoms with van der Waals surface area (Å²) in [4.78, 5) is 11.4. The number of nitrogens with one attached hydrogen (secondary N) is 2. The number of aromatic nitrogens is 2. The van der Waals surface area contributed by atoms with E-state index in [9.17, 15) is 18.0 Å². The van der Waals surface area contributed by atoms with Crippen LogP contribution in [0.1, 0.15) is 11.3 Å². The van der Waals surface area contributed by atoms with E-state index in [0.29, 0.717) is 5.82 Å². The predicted octanol–water partition coefficient (Wildman–Crippen LogP) is 2.58. The molecule has 124 valence electrons. The van der Waals surface area contributed by atoms with Crippen molar-refractivity contribution in [1.29, 1.82) is 0 Å². The zero-order valence-electron chi connectivity index (χ0n) is 12.7. The number of carbonyl (C=O) groups excluding carboxylic acids is 1. The number of anilines is 1. The Morgan fingerprint density at radius 3 is 2.48 bits per heavy atom. The SMILES string of the molecule is Cc1ccc(-n2nc(NCC(=O)NCC(F)(F)F)cc2C)cc1. The molecule has 0 radical (unpaired) electrons. The Balaban J connectivity index is 1.96. The van der Waals surface area contributed by atoms with E-state index in [1.54, 1.807) is 16.1 Å². The lowest BCUT2D eigenvalue weighted by atomic mass is 10.2. The standard InChI is InChI=1S/C15H17F3N4O/c1-10-3-5-12(6-4-10)22-11(2)7-13(21-22)19-8-14(23)20-9-15(16,17)18/h3-7H,8-9H2,1-2H3,(H,19,21)(H,20,23). The number of alkyl halides is 3. The lowest BCUT2D eigenvalue weighted by Crippen LogP contribution is -2.37. The molecule has 8 heteroatoms. The molecule has 1 aromatic heterocycles. The van der Waals surface area contributed by atoms with Gasteiger partial charge in [0.25, 0.3) is 0 Å². The summed E-state index contributed by atoms with van der Waals surface area (Å²) in [6.45, 7) is 2.21. The van der Waals surface area contributed by atoms with Gasteiger partial charge in [0, 0.05) is 11.8 Å². The molecular formula is C15H17F3N4O. The zero-order valence-corrected chi connectivity index (χ0v) is 12.7. The molecule has 0 aliphatic heterocycles. The van der Waals surface area contributed by atoms with Crippen molar-refractivity contribution in [2.45, 2.75) is 20.0 Å². The first-order valence-corrected chi connectivity index (χ1v) is 6.95. The second kappa shape index (κ2) is 6.72. The van der Waals surface area contributed by atoms with Crippen LogP contribution in [-0.4, -0.2) is 35.0 Å². The van der Waals surface area contributed by atoms with Gasteiger partial charge in [-0.3, -0.25) is 4.79 Å². The molecule has 2 aromatic rings. The van der Waals surface area contributed by atoms with Crippen molar-refractivity contribution >= 4 is 11.7 Å². The van der Waals surface area contributed by atoms with Crippen LogP contribution in [0.3, 0.4) is 0 Å². The maximum Gasteiger partial charge on any atom is 0.405 e. The molecule has 0 saturated heterocycles. The highest BCUT2D eigenvalue weighted by Crippen LogP contribution is 2.15. The first-order chi connectivity index (χ1) is 10.7. The van der Waals surface area contributed by atoms with E-state index in [4.69, 9.17) is 0 Å². The van der Waals surface area contributed by atoms with Crippen molar-refractivity contribution in [3.8, 4) is 5.69 Å². The van der Waals surface area contributed by atoms with Gasteiger partial charge in [0.05, 0.1) is 12.2 Å². The van der Waals surface area contributed by atoms with Gasteiger partial charge in [-0.05, 0) is 26.0 Å². The van der Waals surface area contributed by atoms with Gasteiger partial charge in [0.2, 0.25) is 5.91 Å². The normalized spacial score (nSPS) is 11.3. The monoisotopic (exact) mass is 326 g/mol. The number of nitrogens with zero attached hydrogens (tertiary/aromatic N) is 2. The van der Waals surface area contributed by atoms with E-state index >= 15 is 0 Å². The summed E-state index contributed by atoms with van der Waals surface area (Å²) in [6, 6.07) is 9.45. The Bertz CT molecular complexity index is 677. The Morgan fingerprint density at radius 1 is 1.22 bits per heavy atom. The first-order valence-electron chi connectivity index (χ1n) is 6.95. The van der Waals surface area contributed by atoms with Gasteiger partial charge in [-0.15, -0.1) is 0 Å². The molecule has 23 heavy (non-hydrogen) atoms. The summed E-state index contributed by atoms with van der Waals surface area (Å²) in [7, 11) is 0. The van der Waals surface area contributed by atoms with Crippen LogP contribution in [0.4, 0.5) is 19.0 Å². The maximum atomic E-state index is 12.0. The number of rotatable bonds is 5. The topological polar surface area (TPSA) is 59.0 Å². The van der Waals surface area contributed by atoms with Crippen LogP contribution >= 0.6 is 0 Å². The summed E-state index contributed by atoms with van der Waals surface area (Å²) in [5, 5.41) is 8.80. The molecular weight excluding hydrogens is 309 g/mol. The van der Waals surface area contributed by atoms with Gasteiger partial charge < -0.3 is 10.6 Å². The molecule has 2 rings (SSSR count).